The zero-order valence-corrected chi connectivity index (χ0v) is 20.0. The topological polar surface area (TPSA) is 133 Å². The number of nitrogens with zero attached hydrogens (tertiary/aromatic N) is 4. The minimum Gasteiger partial charge on any atom is -0.378 e. The van der Waals surface area contributed by atoms with Crippen molar-refractivity contribution in [3.05, 3.63) is 46.9 Å². The van der Waals surface area contributed by atoms with E-state index in [9.17, 15) is 13.2 Å². The standard InChI is InChI=1S/C21H25N5O4S.C2H3N/c1-14-13-30-11-10-26(14)31(28,29)17-6-4-16(5-7-17)23-20-19-18(8-9-22-21(19)27)25(24-20)12-15-2-3-15;1-2-3/h4-9,14-15H,2-3,10-13H2,1H3,(H,22,27)(H,23,24);1H3. The van der Waals surface area contributed by atoms with Crippen LogP contribution in [0.25, 0.3) is 10.9 Å². The van der Waals surface area contributed by atoms with E-state index in [1.165, 1.54) is 24.1 Å². The highest BCUT2D eigenvalue weighted by Gasteiger charge is 2.31. The quantitative estimate of drug-likeness (QED) is 0.550. The van der Waals surface area contributed by atoms with Gasteiger partial charge >= 0.3 is 0 Å². The number of aromatic nitrogens is 3. The Hall–Kier alpha value is -3.20. The number of pyridine rings is 1. The highest BCUT2D eigenvalue weighted by Crippen LogP contribution is 2.33. The molecule has 0 amide bonds. The summed E-state index contributed by atoms with van der Waals surface area (Å²) in [5, 5.41) is 15.6. The number of fused-ring (bicyclic) bond motifs is 1. The number of H-pyrrole nitrogens is 1. The number of rotatable bonds is 6. The van der Waals surface area contributed by atoms with E-state index in [4.69, 9.17) is 10.00 Å². The number of nitrogens with one attached hydrogen (secondary N) is 2. The number of ether oxygens (including phenoxy) is 1. The maximum atomic E-state index is 13.0. The molecular weight excluding hydrogens is 456 g/mol. The molecule has 2 N–H and O–H groups in total. The van der Waals surface area contributed by atoms with Crippen LogP contribution in [0.4, 0.5) is 11.5 Å². The number of hydrogen-bond acceptors (Lipinski definition) is 7. The third-order valence-electron chi connectivity index (χ3n) is 5.83. The van der Waals surface area contributed by atoms with Crippen LogP contribution in [0, 0.1) is 17.2 Å². The zero-order valence-electron chi connectivity index (χ0n) is 19.2. The lowest BCUT2D eigenvalue weighted by atomic mass is 10.3. The van der Waals surface area contributed by atoms with Crippen molar-refractivity contribution < 1.29 is 13.2 Å². The number of sulfonamides is 1. The first-order chi connectivity index (χ1) is 16.3. The lowest BCUT2D eigenvalue weighted by Crippen LogP contribution is -2.46. The molecule has 180 valence electrons. The van der Waals surface area contributed by atoms with Crippen molar-refractivity contribution in [1.82, 2.24) is 19.1 Å². The van der Waals surface area contributed by atoms with Crippen molar-refractivity contribution in [2.45, 2.75) is 44.2 Å². The van der Waals surface area contributed by atoms with Gasteiger partial charge in [0.05, 0.1) is 29.7 Å². The Morgan fingerprint density at radius 3 is 2.62 bits per heavy atom. The van der Waals surface area contributed by atoms with Crippen molar-refractivity contribution in [2.75, 3.05) is 25.1 Å². The molecule has 1 saturated carbocycles. The van der Waals surface area contributed by atoms with Gasteiger partial charge in [0, 0.05) is 37.9 Å². The molecule has 0 bridgehead atoms. The van der Waals surface area contributed by atoms with Gasteiger partial charge in [-0.3, -0.25) is 9.48 Å². The Morgan fingerprint density at radius 2 is 1.97 bits per heavy atom. The first kappa shape index (κ1) is 23.9. The average molecular weight is 485 g/mol. The van der Waals surface area contributed by atoms with E-state index in [-0.39, 0.29) is 16.5 Å². The molecule has 0 radical (unpaired) electrons. The third kappa shape index (κ3) is 4.99. The maximum absolute atomic E-state index is 13.0. The van der Waals surface area contributed by atoms with Crippen LogP contribution in [0.2, 0.25) is 0 Å². The Balaban J connectivity index is 0.000000868. The molecule has 2 aromatic heterocycles. The molecule has 1 atom stereocenters. The summed E-state index contributed by atoms with van der Waals surface area (Å²) < 4.78 is 34.7. The highest BCUT2D eigenvalue weighted by atomic mass is 32.2. The number of nitriles is 1. The van der Waals surface area contributed by atoms with Gasteiger partial charge in [-0.2, -0.15) is 14.7 Å². The molecule has 34 heavy (non-hydrogen) atoms. The third-order valence-corrected chi connectivity index (χ3v) is 7.86. The second-order valence-electron chi connectivity index (χ2n) is 8.45. The summed E-state index contributed by atoms with van der Waals surface area (Å²) in [6.45, 7) is 5.19. The first-order valence-corrected chi connectivity index (χ1v) is 12.6. The van der Waals surface area contributed by atoms with Crippen LogP contribution in [0.15, 0.2) is 46.2 Å². The lowest BCUT2D eigenvalue weighted by molar-refractivity contribution is 0.0393. The molecule has 1 saturated heterocycles. The molecule has 10 nitrogen and oxygen atoms in total. The number of benzene rings is 1. The van der Waals surface area contributed by atoms with Crippen LogP contribution in [0.3, 0.4) is 0 Å². The molecule has 3 heterocycles. The highest BCUT2D eigenvalue weighted by molar-refractivity contribution is 7.89. The van der Waals surface area contributed by atoms with Crippen LogP contribution < -0.4 is 10.9 Å². The molecule has 1 aliphatic heterocycles. The van der Waals surface area contributed by atoms with Crippen molar-refractivity contribution in [3.8, 4) is 6.07 Å². The molecule has 3 aromatic rings. The molecule has 11 heteroatoms. The van der Waals surface area contributed by atoms with E-state index >= 15 is 0 Å². The second kappa shape index (κ2) is 9.97. The Labute approximate surface area is 198 Å². The molecule has 2 aliphatic rings. The van der Waals surface area contributed by atoms with Crippen molar-refractivity contribution >= 4 is 32.4 Å². The van der Waals surface area contributed by atoms with Crippen LogP contribution in [0.5, 0.6) is 0 Å². The van der Waals surface area contributed by atoms with Gasteiger partial charge in [-0.15, -0.1) is 0 Å². The Morgan fingerprint density at radius 1 is 1.26 bits per heavy atom. The van der Waals surface area contributed by atoms with E-state index < -0.39 is 10.0 Å². The van der Waals surface area contributed by atoms with Crippen LogP contribution in [0.1, 0.15) is 26.7 Å². The summed E-state index contributed by atoms with van der Waals surface area (Å²) in [6.07, 6.45) is 4.00. The van der Waals surface area contributed by atoms with Gasteiger partial charge in [0.25, 0.3) is 5.56 Å². The monoisotopic (exact) mass is 484 g/mol. The molecule has 0 spiro atoms. The normalized spacial score (nSPS) is 18.7. The summed E-state index contributed by atoms with van der Waals surface area (Å²) in [5.74, 6) is 1.08. The summed E-state index contributed by atoms with van der Waals surface area (Å²) in [7, 11) is -3.59. The largest absolute Gasteiger partial charge is 0.378 e. The molecule has 2 fully saturated rings. The van der Waals surface area contributed by atoms with Gasteiger partial charge in [0.2, 0.25) is 10.0 Å². The SMILES string of the molecule is CC#N.CC1COCCN1S(=O)(=O)c1ccc(Nc2nn(CC3CC3)c3cc[nH]c(=O)c23)cc1. The van der Waals surface area contributed by atoms with E-state index in [1.54, 1.807) is 36.5 Å². The van der Waals surface area contributed by atoms with Crippen LogP contribution >= 0.6 is 0 Å². The van der Waals surface area contributed by atoms with Crippen molar-refractivity contribution in [1.29, 1.82) is 5.26 Å². The maximum Gasteiger partial charge on any atom is 0.261 e. The van der Waals surface area contributed by atoms with Crippen molar-refractivity contribution in [2.24, 2.45) is 5.92 Å². The molecule has 1 aromatic carbocycles. The summed E-state index contributed by atoms with van der Waals surface area (Å²) in [6, 6.07) is 9.95. The minimum absolute atomic E-state index is 0.204. The predicted octanol–water partition coefficient (Wildman–Crippen LogP) is 2.82. The van der Waals surface area contributed by atoms with Crippen LogP contribution in [-0.4, -0.2) is 53.3 Å². The fraction of sp³-hybridized carbons (Fsp3) is 0.435. The molecular formula is C23H28N6O4S. The smallest absolute Gasteiger partial charge is 0.261 e. The summed E-state index contributed by atoms with van der Waals surface area (Å²) in [5.41, 5.74) is 1.25. The van der Waals surface area contributed by atoms with E-state index in [0.717, 1.165) is 12.1 Å². The first-order valence-electron chi connectivity index (χ1n) is 11.2. The fourth-order valence-corrected chi connectivity index (χ4v) is 5.56. The van der Waals surface area contributed by atoms with Crippen LogP contribution in [-0.2, 0) is 21.3 Å². The average Bonchev–Trinajstić information content (AvgIpc) is 3.56. The predicted molar refractivity (Wildman–Crippen MR) is 128 cm³/mol. The van der Waals surface area contributed by atoms with Gasteiger partial charge in [-0.1, -0.05) is 0 Å². The zero-order chi connectivity index (χ0) is 24.3. The lowest BCUT2D eigenvalue weighted by Gasteiger charge is -2.32. The Bertz CT molecular complexity index is 1350. The van der Waals surface area contributed by atoms with Crippen molar-refractivity contribution in [3.63, 3.8) is 0 Å². The number of hydrogen-bond donors (Lipinski definition) is 2. The second-order valence-corrected chi connectivity index (χ2v) is 10.3. The van der Waals surface area contributed by atoms with E-state index in [1.807, 2.05) is 17.7 Å². The number of morpholine rings is 1. The van der Waals surface area contributed by atoms with Gasteiger partial charge in [-0.05, 0) is 56.0 Å². The molecule has 1 unspecified atom stereocenters. The summed E-state index contributed by atoms with van der Waals surface area (Å²) in [4.78, 5) is 15.4. The Kier molecular flexibility index (Phi) is 7.02. The molecule has 1 aliphatic carbocycles. The van der Waals surface area contributed by atoms with E-state index in [2.05, 4.69) is 15.4 Å². The fourth-order valence-electron chi connectivity index (χ4n) is 3.96. The number of aromatic amines is 1. The van der Waals surface area contributed by atoms with Gasteiger partial charge in [0.15, 0.2) is 5.82 Å². The van der Waals surface area contributed by atoms with E-state index in [0.29, 0.717) is 42.6 Å². The molecule has 5 rings (SSSR count). The van der Waals surface area contributed by atoms with Gasteiger partial charge < -0.3 is 15.0 Å². The van der Waals surface area contributed by atoms with Gasteiger partial charge in [0.1, 0.15) is 5.39 Å². The van der Waals surface area contributed by atoms with Gasteiger partial charge in [-0.25, -0.2) is 8.42 Å². The minimum atomic E-state index is -3.59. The summed E-state index contributed by atoms with van der Waals surface area (Å²) >= 11 is 0. The number of anilines is 2.